The highest BCUT2D eigenvalue weighted by Crippen LogP contribution is 2.16. The second-order valence-electron chi connectivity index (χ2n) is 4.82. The van der Waals surface area contributed by atoms with E-state index in [0.717, 1.165) is 18.9 Å². The van der Waals surface area contributed by atoms with Gasteiger partial charge in [-0.15, -0.1) is 0 Å². The lowest BCUT2D eigenvalue weighted by atomic mass is 10.2. The summed E-state index contributed by atoms with van der Waals surface area (Å²) in [5.41, 5.74) is 0.447. The molecule has 1 aromatic heterocycles. The average molecular weight is 295 g/mol. The molecule has 1 heterocycles. The SMILES string of the molecule is CCNC(=NCc1cc(C(=O)OC)c(C)o1)NC(C)CC. The van der Waals surface area contributed by atoms with Crippen LogP contribution in [0.2, 0.25) is 0 Å². The molecule has 1 unspecified atom stereocenters. The number of esters is 1. The van der Waals surface area contributed by atoms with Crippen LogP contribution in [-0.2, 0) is 11.3 Å². The molecule has 0 spiro atoms. The van der Waals surface area contributed by atoms with Gasteiger partial charge in [0, 0.05) is 12.6 Å². The number of hydrogen-bond acceptors (Lipinski definition) is 4. The van der Waals surface area contributed by atoms with Gasteiger partial charge in [-0.2, -0.15) is 0 Å². The Labute approximate surface area is 126 Å². The molecule has 0 radical (unpaired) electrons. The largest absolute Gasteiger partial charge is 0.465 e. The number of hydrogen-bond donors (Lipinski definition) is 2. The molecule has 6 nitrogen and oxygen atoms in total. The van der Waals surface area contributed by atoms with Crippen molar-refractivity contribution in [2.45, 2.75) is 46.7 Å². The van der Waals surface area contributed by atoms with Crippen LogP contribution < -0.4 is 10.6 Å². The first-order chi connectivity index (χ1) is 10.0. The highest BCUT2D eigenvalue weighted by atomic mass is 16.5. The Morgan fingerprint density at radius 2 is 2.19 bits per heavy atom. The van der Waals surface area contributed by atoms with E-state index in [1.807, 2.05) is 6.92 Å². The molecule has 118 valence electrons. The normalized spacial score (nSPS) is 12.9. The van der Waals surface area contributed by atoms with Crippen molar-refractivity contribution in [3.05, 3.63) is 23.2 Å². The molecular formula is C15H25N3O3. The summed E-state index contributed by atoms with van der Waals surface area (Å²) in [6, 6.07) is 2.02. The maximum atomic E-state index is 11.5. The number of aryl methyl sites for hydroxylation is 1. The molecule has 6 heteroatoms. The molecular weight excluding hydrogens is 270 g/mol. The minimum absolute atomic E-state index is 0.340. The summed E-state index contributed by atoms with van der Waals surface area (Å²) in [5, 5.41) is 6.48. The smallest absolute Gasteiger partial charge is 0.341 e. The van der Waals surface area contributed by atoms with Crippen LogP contribution in [-0.4, -0.2) is 31.6 Å². The van der Waals surface area contributed by atoms with E-state index in [-0.39, 0.29) is 0 Å². The Kier molecular flexibility index (Phi) is 6.78. The molecule has 0 aliphatic rings. The average Bonchev–Trinajstić information content (AvgIpc) is 2.85. The standard InChI is InChI=1S/C15H25N3O3/c1-6-10(3)18-15(16-7-2)17-9-12-8-13(11(4)21-12)14(19)20-5/h8,10H,6-7,9H2,1-5H3,(H2,16,17,18). The van der Waals surface area contributed by atoms with Crippen LogP contribution in [0.15, 0.2) is 15.5 Å². The van der Waals surface area contributed by atoms with Crippen molar-refractivity contribution < 1.29 is 13.9 Å². The van der Waals surface area contributed by atoms with E-state index >= 15 is 0 Å². The first-order valence-electron chi connectivity index (χ1n) is 7.24. The predicted octanol–water partition coefficient (Wildman–Crippen LogP) is 2.23. The van der Waals surface area contributed by atoms with Gasteiger partial charge in [-0.3, -0.25) is 0 Å². The van der Waals surface area contributed by atoms with Crippen molar-refractivity contribution in [1.29, 1.82) is 0 Å². The molecule has 0 aromatic carbocycles. The first kappa shape index (κ1) is 17.1. The monoisotopic (exact) mass is 295 g/mol. The fourth-order valence-electron chi connectivity index (χ4n) is 1.75. The highest BCUT2D eigenvalue weighted by Gasteiger charge is 2.15. The van der Waals surface area contributed by atoms with E-state index in [9.17, 15) is 4.79 Å². The Morgan fingerprint density at radius 1 is 1.48 bits per heavy atom. The van der Waals surface area contributed by atoms with Gasteiger partial charge in [0.1, 0.15) is 23.6 Å². The molecule has 0 fully saturated rings. The summed E-state index contributed by atoms with van der Waals surface area (Å²) in [5.74, 6) is 1.53. The van der Waals surface area contributed by atoms with Crippen molar-refractivity contribution in [2.75, 3.05) is 13.7 Å². The zero-order valence-corrected chi connectivity index (χ0v) is 13.4. The Bertz CT molecular complexity index is 494. The van der Waals surface area contributed by atoms with Crippen LogP contribution in [0.3, 0.4) is 0 Å². The number of aliphatic imine (C=N–C) groups is 1. The molecule has 0 saturated carbocycles. The minimum atomic E-state index is -0.392. The molecule has 2 N–H and O–H groups in total. The second-order valence-corrected chi connectivity index (χ2v) is 4.82. The minimum Gasteiger partial charge on any atom is -0.465 e. The maximum Gasteiger partial charge on any atom is 0.341 e. The topological polar surface area (TPSA) is 75.9 Å². The summed E-state index contributed by atoms with van der Waals surface area (Å²) in [4.78, 5) is 16.0. The zero-order chi connectivity index (χ0) is 15.8. The molecule has 0 aliphatic carbocycles. The number of nitrogens with one attached hydrogen (secondary N) is 2. The maximum absolute atomic E-state index is 11.5. The van der Waals surface area contributed by atoms with Crippen molar-refractivity contribution in [3.8, 4) is 0 Å². The molecule has 21 heavy (non-hydrogen) atoms. The van der Waals surface area contributed by atoms with E-state index in [1.54, 1.807) is 13.0 Å². The molecule has 0 aliphatic heterocycles. The fraction of sp³-hybridized carbons (Fsp3) is 0.600. The van der Waals surface area contributed by atoms with Crippen molar-refractivity contribution >= 4 is 11.9 Å². The summed E-state index contributed by atoms with van der Waals surface area (Å²) >= 11 is 0. The summed E-state index contributed by atoms with van der Waals surface area (Å²) < 4.78 is 10.2. The third kappa shape index (κ3) is 5.13. The van der Waals surface area contributed by atoms with Gasteiger partial charge < -0.3 is 19.8 Å². The van der Waals surface area contributed by atoms with Gasteiger partial charge in [-0.05, 0) is 33.3 Å². The van der Waals surface area contributed by atoms with Gasteiger partial charge in [0.25, 0.3) is 0 Å². The van der Waals surface area contributed by atoms with Crippen molar-refractivity contribution in [2.24, 2.45) is 4.99 Å². The molecule has 1 atom stereocenters. The number of furan rings is 1. The van der Waals surface area contributed by atoms with Gasteiger partial charge in [0.15, 0.2) is 5.96 Å². The first-order valence-corrected chi connectivity index (χ1v) is 7.24. The molecule has 1 rings (SSSR count). The van der Waals surface area contributed by atoms with Gasteiger partial charge >= 0.3 is 5.97 Å². The summed E-state index contributed by atoms with van der Waals surface area (Å²) in [6.07, 6.45) is 1.01. The van der Waals surface area contributed by atoms with Crippen LogP contribution in [0.1, 0.15) is 49.1 Å². The van der Waals surface area contributed by atoms with Crippen molar-refractivity contribution in [1.82, 2.24) is 10.6 Å². The van der Waals surface area contributed by atoms with Crippen LogP contribution in [0, 0.1) is 6.92 Å². The van der Waals surface area contributed by atoms with Crippen LogP contribution in [0.4, 0.5) is 0 Å². The molecule has 0 bridgehead atoms. The number of guanidine groups is 1. The van der Waals surface area contributed by atoms with E-state index < -0.39 is 5.97 Å². The molecule has 0 saturated heterocycles. The van der Waals surface area contributed by atoms with E-state index in [2.05, 4.69) is 29.5 Å². The molecule has 0 amide bonds. The fourth-order valence-corrected chi connectivity index (χ4v) is 1.75. The number of carbonyl (C=O) groups is 1. The van der Waals surface area contributed by atoms with Crippen LogP contribution >= 0.6 is 0 Å². The van der Waals surface area contributed by atoms with Crippen LogP contribution in [0.25, 0.3) is 0 Å². The van der Waals surface area contributed by atoms with E-state index in [4.69, 9.17) is 9.15 Å². The number of ether oxygens (including phenoxy) is 1. The lowest BCUT2D eigenvalue weighted by molar-refractivity contribution is 0.0599. The Morgan fingerprint density at radius 3 is 2.76 bits per heavy atom. The van der Waals surface area contributed by atoms with Crippen molar-refractivity contribution in [3.63, 3.8) is 0 Å². The highest BCUT2D eigenvalue weighted by molar-refractivity contribution is 5.90. The van der Waals surface area contributed by atoms with Gasteiger partial charge in [-0.1, -0.05) is 6.92 Å². The Balaban J connectivity index is 2.78. The van der Waals surface area contributed by atoms with E-state index in [1.165, 1.54) is 7.11 Å². The number of nitrogens with zero attached hydrogens (tertiary/aromatic N) is 1. The zero-order valence-electron chi connectivity index (χ0n) is 13.4. The summed E-state index contributed by atoms with van der Waals surface area (Å²) in [6.45, 7) is 9.11. The predicted molar refractivity (Wildman–Crippen MR) is 82.5 cm³/mol. The number of rotatable bonds is 6. The van der Waals surface area contributed by atoms with E-state index in [0.29, 0.717) is 29.7 Å². The van der Waals surface area contributed by atoms with Gasteiger partial charge in [-0.25, -0.2) is 9.79 Å². The second kappa shape index (κ2) is 8.34. The lowest BCUT2D eigenvalue weighted by Crippen LogP contribution is -2.41. The third-order valence-electron chi connectivity index (χ3n) is 3.11. The third-order valence-corrected chi connectivity index (χ3v) is 3.11. The number of carbonyl (C=O) groups excluding carboxylic acids is 1. The Hall–Kier alpha value is -1.98. The molecule has 1 aromatic rings. The van der Waals surface area contributed by atoms with Gasteiger partial charge in [0.2, 0.25) is 0 Å². The van der Waals surface area contributed by atoms with Crippen LogP contribution in [0.5, 0.6) is 0 Å². The van der Waals surface area contributed by atoms with Gasteiger partial charge in [0.05, 0.1) is 7.11 Å². The number of methoxy groups -OCH3 is 1. The summed E-state index contributed by atoms with van der Waals surface area (Å²) in [7, 11) is 1.35. The lowest BCUT2D eigenvalue weighted by Gasteiger charge is -2.15. The quantitative estimate of drug-likeness (QED) is 0.478.